The van der Waals surface area contributed by atoms with Crippen LogP contribution in [0.3, 0.4) is 0 Å². The predicted octanol–water partition coefficient (Wildman–Crippen LogP) is 2.97. The summed E-state index contributed by atoms with van der Waals surface area (Å²) in [5.74, 6) is -0.00677. The van der Waals surface area contributed by atoms with E-state index < -0.39 is 0 Å². The number of amides is 1. The van der Waals surface area contributed by atoms with Crippen LogP contribution < -0.4 is 10.6 Å². The Labute approximate surface area is 121 Å². The maximum absolute atomic E-state index is 12.2. The number of nitrogens with one attached hydrogen (secondary N) is 2. The van der Waals surface area contributed by atoms with E-state index in [1.54, 1.807) is 7.11 Å². The highest BCUT2D eigenvalue weighted by Gasteiger charge is 2.10. The van der Waals surface area contributed by atoms with Crippen LogP contribution in [0.4, 0.5) is 5.69 Å². The molecule has 1 rings (SSSR count). The number of rotatable bonds is 9. The number of hydrogen-bond acceptors (Lipinski definition) is 3. The molecule has 0 saturated carbocycles. The molecule has 2 N–H and O–H groups in total. The largest absolute Gasteiger partial charge is 0.385 e. The van der Waals surface area contributed by atoms with Crippen molar-refractivity contribution < 1.29 is 9.53 Å². The molecule has 1 aromatic rings. The summed E-state index contributed by atoms with van der Waals surface area (Å²) in [4.78, 5) is 12.2. The van der Waals surface area contributed by atoms with Gasteiger partial charge in [-0.1, -0.05) is 6.07 Å². The Kier molecular flexibility index (Phi) is 7.73. The van der Waals surface area contributed by atoms with Gasteiger partial charge in [0.1, 0.15) is 0 Å². The van der Waals surface area contributed by atoms with E-state index in [-0.39, 0.29) is 5.91 Å². The van der Waals surface area contributed by atoms with Gasteiger partial charge in [0, 0.05) is 32.5 Å². The second-order valence-electron chi connectivity index (χ2n) is 4.89. The van der Waals surface area contributed by atoms with Gasteiger partial charge in [-0.3, -0.25) is 4.79 Å². The van der Waals surface area contributed by atoms with E-state index in [2.05, 4.69) is 10.6 Å². The SMILES string of the molecule is CCNc1cc(C)ccc1C(=O)NCCCCCOC. The van der Waals surface area contributed by atoms with Crippen LogP contribution in [0.5, 0.6) is 0 Å². The lowest BCUT2D eigenvalue weighted by atomic mass is 10.1. The number of anilines is 1. The smallest absolute Gasteiger partial charge is 0.253 e. The zero-order chi connectivity index (χ0) is 14.8. The molecule has 4 heteroatoms. The molecule has 0 spiro atoms. The molecule has 0 bridgehead atoms. The number of hydrogen-bond donors (Lipinski definition) is 2. The molecule has 0 atom stereocenters. The van der Waals surface area contributed by atoms with Crippen LogP contribution in [0.25, 0.3) is 0 Å². The summed E-state index contributed by atoms with van der Waals surface area (Å²) in [6.45, 7) is 6.36. The average Bonchev–Trinajstić information content (AvgIpc) is 2.43. The Bertz CT molecular complexity index is 419. The predicted molar refractivity (Wildman–Crippen MR) is 83.4 cm³/mol. The van der Waals surface area contributed by atoms with Crippen LogP contribution >= 0.6 is 0 Å². The van der Waals surface area contributed by atoms with Crippen molar-refractivity contribution in [3.05, 3.63) is 29.3 Å². The number of carbonyl (C=O) groups is 1. The van der Waals surface area contributed by atoms with Gasteiger partial charge in [0.25, 0.3) is 5.91 Å². The highest BCUT2D eigenvalue weighted by molar-refractivity contribution is 5.99. The van der Waals surface area contributed by atoms with Gasteiger partial charge in [0.2, 0.25) is 0 Å². The minimum atomic E-state index is -0.00677. The zero-order valence-corrected chi connectivity index (χ0v) is 12.8. The average molecular weight is 278 g/mol. The van der Waals surface area contributed by atoms with Crippen molar-refractivity contribution in [2.75, 3.05) is 32.1 Å². The molecular weight excluding hydrogens is 252 g/mol. The Morgan fingerprint density at radius 2 is 2.05 bits per heavy atom. The molecule has 0 aliphatic heterocycles. The quantitative estimate of drug-likeness (QED) is 0.683. The van der Waals surface area contributed by atoms with E-state index in [9.17, 15) is 4.79 Å². The van der Waals surface area contributed by atoms with E-state index in [0.717, 1.165) is 43.7 Å². The maximum Gasteiger partial charge on any atom is 0.253 e. The van der Waals surface area contributed by atoms with E-state index >= 15 is 0 Å². The number of benzene rings is 1. The van der Waals surface area contributed by atoms with Crippen molar-refractivity contribution in [3.63, 3.8) is 0 Å². The van der Waals surface area contributed by atoms with Gasteiger partial charge in [-0.2, -0.15) is 0 Å². The van der Waals surface area contributed by atoms with E-state index in [4.69, 9.17) is 4.74 Å². The fraction of sp³-hybridized carbons (Fsp3) is 0.562. The lowest BCUT2D eigenvalue weighted by molar-refractivity contribution is 0.0953. The molecule has 0 unspecified atom stereocenters. The molecule has 0 saturated heterocycles. The van der Waals surface area contributed by atoms with Gasteiger partial charge >= 0.3 is 0 Å². The third-order valence-corrected chi connectivity index (χ3v) is 3.10. The first kappa shape index (κ1) is 16.5. The van der Waals surface area contributed by atoms with E-state index in [1.807, 2.05) is 32.0 Å². The summed E-state index contributed by atoms with van der Waals surface area (Å²) in [7, 11) is 1.71. The van der Waals surface area contributed by atoms with Crippen LogP contribution in [-0.4, -0.2) is 32.7 Å². The monoisotopic (exact) mass is 278 g/mol. The number of aryl methyl sites for hydroxylation is 1. The highest BCUT2D eigenvalue weighted by Crippen LogP contribution is 2.17. The Hall–Kier alpha value is -1.55. The van der Waals surface area contributed by atoms with Gasteiger partial charge in [-0.05, 0) is 50.8 Å². The van der Waals surface area contributed by atoms with Crippen LogP contribution in [0.2, 0.25) is 0 Å². The first-order chi connectivity index (χ1) is 9.69. The molecule has 0 aliphatic rings. The summed E-state index contributed by atoms with van der Waals surface area (Å²) in [6.07, 6.45) is 3.10. The van der Waals surface area contributed by atoms with Crippen molar-refractivity contribution in [2.45, 2.75) is 33.1 Å². The molecule has 0 aliphatic carbocycles. The van der Waals surface area contributed by atoms with Crippen LogP contribution in [0.1, 0.15) is 42.1 Å². The third kappa shape index (κ3) is 5.61. The molecule has 1 aromatic carbocycles. The van der Waals surface area contributed by atoms with Gasteiger partial charge in [0.05, 0.1) is 5.56 Å². The number of carbonyl (C=O) groups excluding carboxylic acids is 1. The summed E-state index contributed by atoms with van der Waals surface area (Å²) >= 11 is 0. The highest BCUT2D eigenvalue weighted by atomic mass is 16.5. The molecule has 112 valence electrons. The molecule has 4 nitrogen and oxygen atoms in total. The Morgan fingerprint density at radius 3 is 2.75 bits per heavy atom. The normalized spacial score (nSPS) is 10.3. The van der Waals surface area contributed by atoms with Crippen molar-refractivity contribution in [1.82, 2.24) is 5.32 Å². The topological polar surface area (TPSA) is 50.4 Å². The van der Waals surface area contributed by atoms with Gasteiger partial charge in [-0.25, -0.2) is 0 Å². The van der Waals surface area contributed by atoms with Crippen LogP contribution in [0, 0.1) is 6.92 Å². The minimum Gasteiger partial charge on any atom is -0.385 e. The van der Waals surface area contributed by atoms with Gasteiger partial charge in [-0.15, -0.1) is 0 Å². The van der Waals surface area contributed by atoms with Crippen LogP contribution in [-0.2, 0) is 4.74 Å². The fourth-order valence-corrected chi connectivity index (χ4v) is 2.04. The fourth-order valence-electron chi connectivity index (χ4n) is 2.04. The molecular formula is C16H26N2O2. The second kappa shape index (κ2) is 9.37. The summed E-state index contributed by atoms with van der Waals surface area (Å²) in [5.41, 5.74) is 2.77. The van der Waals surface area contributed by atoms with Crippen molar-refractivity contribution in [1.29, 1.82) is 0 Å². The number of ether oxygens (including phenoxy) is 1. The summed E-state index contributed by atoms with van der Waals surface area (Å²) in [5, 5.41) is 6.21. The number of methoxy groups -OCH3 is 1. The van der Waals surface area contributed by atoms with E-state index in [1.165, 1.54) is 0 Å². The molecule has 0 fully saturated rings. The Morgan fingerprint density at radius 1 is 1.25 bits per heavy atom. The van der Waals surface area contributed by atoms with Gasteiger partial charge < -0.3 is 15.4 Å². The minimum absolute atomic E-state index is 0.00677. The van der Waals surface area contributed by atoms with Crippen molar-refractivity contribution in [2.24, 2.45) is 0 Å². The standard InChI is InChI=1S/C16H26N2O2/c1-4-17-15-12-13(2)8-9-14(15)16(19)18-10-6-5-7-11-20-3/h8-9,12,17H,4-7,10-11H2,1-3H3,(H,18,19). The second-order valence-corrected chi connectivity index (χ2v) is 4.89. The molecule has 0 heterocycles. The number of unbranched alkanes of at least 4 members (excludes halogenated alkanes) is 2. The zero-order valence-electron chi connectivity index (χ0n) is 12.8. The van der Waals surface area contributed by atoms with Crippen molar-refractivity contribution >= 4 is 11.6 Å². The first-order valence-corrected chi connectivity index (χ1v) is 7.30. The summed E-state index contributed by atoms with van der Waals surface area (Å²) < 4.78 is 5.00. The van der Waals surface area contributed by atoms with Crippen molar-refractivity contribution in [3.8, 4) is 0 Å². The lowest BCUT2D eigenvalue weighted by Gasteiger charge is -2.12. The lowest BCUT2D eigenvalue weighted by Crippen LogP contribution is -2.25. The molecule has 0 radical (unpaired) electrons. The van der Waals surface area contributed by atoms with Gasteiger partial charge in [0.15, 0.2) is 0 Å². The summed E-state index contributed by atoms with van der Waals surface area (Å²) in [6, 6.07) is 5.86. The molecule has 0 aromatic heterocycles. The van der Waals surface area contributed by atoms with E-state index in [0.29, 0.717) is 12.1 Å². The first-order valence-electron chi connectivity index (χ1n) is 7.30. The Balaban J connectivity index is 2.46. The maximum atomic E-state index is 12.2. The van der Waals surface area contributed by atoms with Crippen LogP contribution in [0.15, 0.2) is 18.2 Å². The molecule has 20 heavy (non-hydrogen) atoms. The third-order valence-electron chi connectivity index (χ3n) is 3.10. The molecule has 1 amide bonds.